The van der Waals surface area contributed by atoms with Crippen molar-refractivity contribution in [3.8, 4) is 0 Å². The molecule has 1 atom stereocenters. The van der Waals surface area contributed by atoms with Gasteiger partial charge in [-0.3, -0.25) is 0 Å². The fourth-order valence-electron chi connectivity index (χ4n) is 1.80. The second kappa shape index (κ2) is 4.23. The van der Waals surface area contributed by atoms with Crippen LogP contribution in [0.5, 0.6) is 0 Å². The zero-order valence-electron chi connectivity index (χ0n) is 9.48. The Labute approximate surface area is 91.5 Å². The summed E-state index contributed by atoms with van der Waals surface area (Å²) in [5.41, 5.74) is 2.23. The Kier molecular flexibility index (Phi) is 2.96. The summed E-state index contributed by atoms with van der Waals surface area (Å²) in [6.45, 7) is 0. The van der Waals surface area contributed by atoms with Crippen LogP contribution in [0.25, 0.3) is 0 Å². The Morgan fingerprint density at radius 2 is 1.87 bits per heavy atom. The van der Waals surface area contributed by atoms with Crippen molar-refractivity contribution in [2.75, 3.05) is 19.0 Å². The van der Waals surface area contributed by atoms with Crippen molar-refractivity contribution in [1.29, 1.82) is 0 Å². The summed E-state index contributed by atoms with van der Waals surface area (Å²) in [6.07, 6.45) is 3.26. The summed E-state index contributed by atoms with van der Waals surface area (Å²) in [7, 11) is 4.05. The van der Waals surface area contributed by atoms with E-state index in [-0.39, 0.29) is 6.10 Å². The van der Waals surface area contributed by atoms with Crippen LogP contribution in [0.3, 0.4) is 0 Å². The number of hydrogen-bond donors (Lipinski definition) is 1. The van der Waals surface area contributed by atoms with Gasteiger partial charge < -0.3 is 10.0 Å². The molecule has 0 radical (unpaired) electrons. The monoisotopic (exact) mass is 205 g/mol. The van der Waals surface area contributed by atoms with Gasteiger partial charge in [-0.15, -0.1) is 0 Å². The number of benzene rings is 1. The Bertz CT molecular complexity index is 314. The average molecular weight is 205 g/mol. The molecule has 1 fully saturated rings. The third-order valence-corrected chi connectivity index (χ3v) is 3.05. The van der Waals surface area contributed by atoms with Crippen LogP contribution in [-0.2, 0) is 0 Å². The third-order valence-electron chi connectivity index (χ3n) is 3.05. The first kappa shape index (κ1) is 10.5. The van der Waals surface area contributed by atoms with E-state index >= 15 is 0 Å². The lowest BCUT2D eigenvalue weighted by Gasteiger charge is -2.15. The van der Waals surface area contributed by atoms with Crippen molar-refractivity contribution in [3.63, 3.8) is 0 Å². The number of rotatable bonds is 4. The predicted molar refractivity (Wildman–Crippen MR) is 63.1 cm³/mol. The molecule has 1 aliphatic carbocycles. The normalized spacial score (nSPS) is 17.5. The molecular weight excluding hydrogens is 186 g/mol. The molecule has 0 bridgehead atoms. The van der Waals surface area contributed by atoms with Gasteiger partial charge in [0.15, 0.2) is 0 Å². The summed E-state index contributed by atoms with van der Waals surface area (Å²) in [5.74, 6) is 0.772. The van der Waals surface area contributed by atoms with E-state index < -0.39 is 0 Å². The second-order valence-corrected chi connectivity index (χ2v) is 4.68. The second-order valence-electron chi connectivity index (χ2n) is 4.68. The standard InChI is InChI=1S/C13H19NO/c1-14(2)12-7-5-11(6-8-12)13(15)9-10-3-4-10/h5-8,10,13,15H,3-4,9H2,1-2H3. The lowest BCUT2D eigenvalue weighted by Crippen LogP contribution is -2.08. The number of nitrogens with zero attached hydrogens (tertiary/aromatic N) is 1. The third kappa shape index (κ3) is 2.72. The van der Waals surface area contributed by atoms with Gasteiger partial charge in [0.25, 0.3) is 0 Å². The van der Waals surface area contributed by atoms with E-state index in [9.17, 15) is 5.11 Å². The van der Waals surface area contributed by atoms with E-state index in [2.05, 4.69) is 17.0 Å². The zero-order valence-corrected chi connectivity index (χ0v) is 9.48. The van der Waals surface area contributed by atoms with E-state index in [0.29, 0.717) is 0 Å². The Hall–Kier alpha value is -1.02. The highest BCUT2D eigenvalue weighted by atomic mass is 16.3. The molecule has 0 aromatic heterocycles. The Morgan fingerprint density at radius 3 is 2.33 bits per heavy atom. The van der Waals surface area contributed by atoms with Crippen LogP contribution >= 0.6 is 0 Å². The quantitative estimate of drug-likeness (QED) is 0.816. The highest BCUT2D eigenvalue weighted by Crippen LogP contribution is 2.37. The Morgan fingerprint density at radius 1 is 1.27 bits per heavy atom. The summed E-state index contributed by atoms with van der Waals surface area (Å²) >= 11 is 0. The minimum absolute atomic E-state index is 0.270. The molecule has 0 amide bonds. The fourth-order valence-corrected chi connectivity index (χ4v) is 1.80. The lowest BCUT2D eigenvalue weighted by molar-refractivity contribution is 0.160. The van der Waals surface area contributed by atoms with Crippen molar-refractivity contribution in [2.45, 2.75) is 25.4 Å². The summed E-state index contributed by atoms with van der Waals surface area (Å²) in [4.78, 5) is 2.07. The molecule has 1 aliphatic rings. The molecule has 15 heavy (non-hydrogen) atoms. The van der Waals surface area contributed by atoms with Crippen LogP contribution in [0.1, 0.15) is 30.9 Å². The molecule has 0 heterocycles. The number of hydrogen-bond acceptors (Lipinski definition) is 2. The van der Waals surface area contributed by atoms with E-state index in [4.69, 9.17) is 0 Å². The van der Waals surface area contributed by atoms with Crippen LogP contribution in [0.2, 0.25) is 0 Å². The lowest BCUT2D eigenvalue weighted by atomic mass is 10.0. The van der Waals surface area contributed by atoms with Gasteiger partial charge in [-0.2, -0.15) is 0 Å². The maximum atomic E-state index is 9.95. The van der Waals surface area contributed by atoms with Crippen LogP contribution < -0.4 is 4.90 Å². The number of aliphatic hydroxyl groups excluding tert-OH is 1. The zero-order chi connectivity index (χ0) is 10.8. The Balaban J connectivity index is 2.01. The van der Waals surface area contributed by atoms with E-state index in [0.717, 1.165) is 17.9 Å². The fraction of sp³-hybridized carbons (Fsp3) is 0.538. The molecule has 2 nitrogen and oxygen atoms in total. The van der Waals surface area contributed by atoms with Gasteiger partial charge in [-0.1, -0.05) is 25.0 Å². The molecule has 2 heteroatoms. The van der Waals surface area contributed by atoms with Gasteiger partial charge >= 0.3 is 0 Å². The van der Waals surface area contributed by atoms with Crippen molar-refractivity contribution < 1.29 is 5.11 Å². The minimum atomic E-state index is -0.270. The van der Waals surface area contributed by atoms with Crippen LogP contribution in [0.4, 0.5) is 5.69 Å². The van der Waals surface area contributed by atoms with Crippen molar-refractivity contribution in [2.24, 2.45) is 5.92 Å². The van der Waals surface area contributed by atoms with Crippen molar-refractivity contribution in [1.82, 2.24) is 0 Å². The van der Waals surface area contributed by atoms with E-state index in [1.54, 1.807) is 0 Å². The minimum Gasteiger partial charge on any atom is -0.388 e. The summed E-state index contributed by atoms with van der Waals surface area (Å²) in [5, 5.41) is 9.95. The van der Waals surface area contributed by atoms with E-state index in [1.165, 1.54) is 18.5 Å². The SMILES string of the molecule is CN(C)c1ccc(C(O)CC2CC2)cc1. The largest absolute Gasteiger partial charge is 0.388 e. The van der Waals surface area contributed by atoms with Gasteiger partial charge in [0, 0.05) is 19.8 Å². The van der Waals surface area contributed by atoms with Gasteiger partial charge in [0.1, 0.15) is 0 Å². The number of anilines is 1. The molecule has 1 aromatic carbocycles. The first-order chi connectivity index (χ1) is 7.16. The average Bonchev–Trinajstić information content (AvgIpc) is 3.02. The molecule has 0 aliphatic heterocycles. The molecule has 0 saturated heterocycles. The summed E-state index contributed by atoms with van der Waals surface area (Å²) in [6, 6.07) is 8.18. The maximum Gasteiger partial charge on any atom is 0.0792 e. The molecule has 0 spiro atoms. The highest BCUT2D eigenvalue weighted by molar-refractivity contribution is 5.46. The van der Waals surface area contributed by atoms with Crippen molar-refractivity contribution >= 4 is 5.69 Å². The number of aliphatic hydroxyl groups is 1. The van der Waals surface area contributed by atoms with Crippen LogP contribution in [0.15, 0.2) is 24.3 Å². The molecule has 1 N–H and O–H groups in total. The molecule has 1 saturated carbocycles. The molecule has 1 unspecified atom stereocenters. The maximum absolute atomic E-state index is 9.95. The van der Waals surface area contributed by atoms with E-state index in [1.807, 2.05) is 26.2 Å². The predicted octanol–water partition coefficient (Wildman–Crippen LogP) is 2.59. The van der Waals surface area contributed by atoms with Gasteiger partial charge in [-0.25, -0.2) is 0 Å². The topological polar surface area (TPSA) is 23.5 Å². The molecule has 1 aromatic rings. The molecular formula is C13H19NO. The van der Waals surface area contributed by atoms with Crippen molar-refractivity contribution in [3.05, 3.63) is 29.8 Å². The smallest absolute Gasteiger partial charge is 0.0792 e. The van der Waals surface area contributed by atoms with Crippen LogP contribution in [-0.4, -0.2) is 19.2 Å². The first-order valence-corrected chi connectivity index (χ1v) is 5.62. The van der Waals surface area contributed by atoms with Gasteiger partial charge in [0.2, 0.25) is 0 Å². The first-order valence-electron chi connectivity index (χ1n) is 5.62. The van der Waals surface area contributed by atoms with Gasteiger partial charge in [0.05, 0.1) is 6.10 Å². The summed E-state index contributed by atoms with van der Waals surface area (Å²) < 4.78 is 0. The van der Waals surface area contributed by atoms with Crippen LogP contribution in [0, 0.1) is 5.92 Å². The highest BCUT2D eigenvalue weighted by Gasteiger charge is 2.25. The molecule has 82 valence electrons. The van der Waals surface area contributed by atoms with Gasteiger partial charge in [-0.05, 0) is 30.0 Å². The molecule has 2 rings (SSSR count).